The molecule has 0 radical (unpaired) electrons. The minimum absolute atomic E-state index is 0.246. The normalized spacial score (nSPS) is 24.2. The summed E-state index contributed by atoms with van der Waals surface area (Å²) in [5, 5.41) is 1.21. The summed E-state index contributed by atoms with van der Waals surface area (Å²) in [5.41, 5.74) is -0.434. The number of ether oxygens (including phenoxy) is 1. The molecule has 124 valence electrons. The molecule has 2 heterocycles. The zero-order valence-corrected chi connectivity index (χ0v) is 14.6. The molecule has 2 rings (SSSR count). The van der Waals surface area contributed by atoms with E-state index in [0.717, 1.165) is 5.47 Å². The van der Waals surface area contributed by atoms with Crippen molar-refractivity contribution < 1.29 is 23.7 Å². The van der Waals surface area contributed by atoms with Gasteiger partial charge in [0, 0.05) is 0 Å². The first-order valence-electron chi connectivity index (χ1n) is 7.59. The van der Waals surface area contributed by atoms with Gasteiger partial charge in [-0.2, -0.15) is 5.06 Å². The minimum atomic E-state index is -0.545. The number of rotatable bonds is 1. The summed E-state index contributed by atoms with van der Waals surface area (Å²) in [5.74, 6) is 0. The van der Waals surface area contributed by atoms with Gasteiger partial charge in [0.05, 0.1) is 24.4 Å². The second kappa shape index (κ2) is 5.55. The van der Waals surface area contributed by atoms with Crippen LogP contribution in [0.5, 0.6) is 0 Å². The summed E-state index contributed by atoms with van der Waals surface area (Å²) in [6.07, 6.45) is 1.41. The Morgan fingerprint density at radius 2 is 1.77 bits per heavy atom. The zero-order chi connectivity index (χ0) is 16.8. The molecule has 0 atom stereocenters. The van der Waals surface area contributed by atoms with E-state index >= 15 is 0 Å². The van der Waals surface area contributed by atoms with E-state index in [1.807, 2.05) is 54.5 Å². The molecule has 0 bridgehead atoms. The van der Waals surface area contributed by atoms with Crippen LogP contribution in [-0.2, 0) is 18.9 Å². The maximum atomic E-state index is 11.9. The van der Waals surface area contributed by atoms with Crippen molar-refractivity contribution >= 4 is 13.2 Å². The molecule has 0 unspecified atom stereocenters. The molecule has 0 aliphatic carbocycles. The third-order valence-electron chi connectivity index (χ3n) is 4.06. The van der Waals surface area contributed by atoms with E-state index in [-0.39, 0.29) is 17.8 Å². The number of hydrogen-bond acceptors (Lipinski definition) is 5. The average molecular weight is 311 g/mol. The van der Waals surface area contributed by atoms with Crippen molar-refractivity contribution in [3.63, 3.8) is 0 Å². The highest BCUT2D eigenvalue weighted by Crippen LogP contribution is 2.38. The maximum absolute atomic E-state index is 11.9. The number of nitrogens with zero attached hydrogens (tertiary/aromatic N) is 1. The third-order valence-corrected chi connectivity index (χ3v) is 4.06. The lowest BCUT2D eigenvalue weighted by atomic mass is 9.78. The number of carbonyl (C=O) groups excluding carboxylic acids is 1. The molecule has 1 saturated heterocycles. The largest absolute Gasteiger partial charge is 0.492 e. The number of amides is 1. The Labute approximate surface area is 132 Å². The average Bonchev–Trinajstić information content (AvgIpc) is 2.56. The second-order valence-electron chi connectivity index (χ2n) is 7.68. The van der Waals surface area contributed by atoms with Gasteiger partial charge in [-0.05, 0) is 53.9 Å². The quantitative estimate of drug-likeness (QED) is 0.697. The lowest BCUT2D eigenvalue weighted by Crippen LogP contribution is -2.41. The van der Waals surface area contributed by atoms with Crippen LogP contribution < -0.4 is 0 Å². The van der Waals surface area contributed by atoms with Crippen LogP contribution in [0, 0.1) is 0 Å². The van der Waals surface area contributed by atoms with Crippen molar-refractivity contribution in [2.24, 2.45) is 0 Å². The van der Waals surface area contributed by atoms with Crippen LogP contribution in [0.3, 0.4) is 0 Å². The third kappa shape index (κ3) is 3.64. The van der Waals surface area contributed by atoms with Gasteiger partial charge in [-0.1, -0.05) is 6.08 Å². The fourth-order valence-corrected chi connectivity index (χ4v) is 2.06. The van der Waals surface area contributed by atoms with Gasteiger partial charge >= 0.3 is 13.2 Å². The predicted octanol–water partition coefficient (Wildman–Crippen LogP) is 2.73. The molecule has 0 saturated carbocycles. The number of hydrogen-bond donors (Lipinski definition) is 0. The smallest absolute Gasteiger partial charge is 0.442 e. The van der Waals surface area contributed by atoms with Crippen LogP contribution in [0.1, 0.15) is 48.5 Å². The molecule has 0 aromatic rings. The van der Waals surface area contributed by atoms with Crippen LogP contribution >= 0.6 is 0 Å². The molecular weight excluding hydrogens is 285 g/mol. The van der Waals surface area contributed by atoms with Gasteiger partial charge in [0.1, 0.15) is 5.60 Å². The predicted molar refractivity (Wildman–Crippen MR) is 83.1 cm³/mol. The van der Waals surface area contributed by atoms with Crippen molar-refractivity contribution in [2.45, 2.75) is 65.3 Å². The Kier molecular flexibility index (Phi) is 4.36. The Hall–Kier alpha value is -1.05. The summed E-state index contributed by atoms with van der Waals surface area (Å²) < 4.78 is 17.2. The van der Waals surface area contributed by atoms with Crippen molar-refractivity contribution in [3.05, 3.63) is 11.5 Å². The fourth-order valence-electron chi connectivity index (χ4n) is 2.06. The minimum Gasteiger partial charge on any atom is -0.442 e. The standard InChI is InChI=1S/C15H26BNO5/c1-13(2,3)20-12(18)17-9-8-11(10-19-17)16-21-14(4,5)15(6,7)22-16/h8H,9-10H2,1-7H3. The van der Waals surface area contributed by atoms with E-state index in [1.54, 1.807) is 0 Å². The highest BCUT2D eigenvalue weighted by atomic mass is 16.7. The lowest BCUT2D eigenvalue weighted by Gasteiger charge is -2.32. The van der Waals surface area contributed by atoms with Crippen molar-refractivity contribution in [2.75, 3.05) is 13.2 Å². The van der Waals surface area contributed by atoms with E-state index in [9.17, 15) is 4.79 Å². The van der Waals surface area contributed by atoms with Crippen LogP contribution in [0.2, 0.25) is 0 Å². The van der Waals surface area contributed by atoms with Gasteiger partial charge < -0.3 is 14.0 Å². The van der Waals surface area contributed by atoms with Gasteiger partial charge in [-0.25, -0.2) is 4.79 Å². The van der Waals surface area contributed by atoms with Gasteiger partial charge in [-0.3, -0.25) is 4.84 Å². The number of carbonyl (C=O) groups is 1. The first-order valence-corrected chi connectivity index (χ1v) is 7.59. The Bertz CT molecular complexity index is 465. The van der Waals surface area contributed by atoms with Gasteiger partial charge in [0.2, 0.25) is 0 Å². The second-order valence-corrected chi connectivity index (χ2v) is 7.68. The molecule has 2 aliphatic rings. The van der Waals surface area contributed by atoms with E-state index in [2.05, 4.69) is 0 Å². The molecule has 0 N–H and O–H groups in total. The first-order chi connectivity index (χ1) is 9.91. The van der Waals surface area contributed by atoms with Crippen LogP contribution in [0.4, 0.5) is 4.79 Å². The Morgan fingerprint density at radius 3 is 2.18 bits per heavy atom. The first kappa shape index (κ1) is 17.3. The molecule has 0 aromatic carbocycles. The maximum Gasteiger partial charge on any atom is 0.492 e. The van der Waals surface area contributed by atoms with Crippen molar-refractivity contribution in [1.29, 1.82) is 0 Å². The van der Waals surface area contributed by atoms with Crippen molar-refractivity contribution in [3.8, 4) is 0 Å². The molecule has 6 nitrogen and oxygen atoms in total. The van der Waals surface area contributed by atoms with Gasteiger partial charge in [0.15, 0.2) is 0 Å². The molecule has 1 fully saturated rings. The SMILES string of the molecule is CC(C)(C)OC(=O)N1CC=C(B2OC(C)(C)C(C)(C)O2)CO1. The van der Waals surface area contributed by atoms with E-state index < -0.39 is 18.8 Å². The van der Waals surface area contributed by atoms with Gasteiger partial charge in [0.25, 0.3) is 0 Å². The van der Waals surface area contributed by atoms with Gasteiger partial charge in [-0.15, -0.1) is 0 Å². The van der Waals surface area contributed by atoms with Crippen LogP contribution in [0.25, 0.3) is 0 Å². The molecule has 22 heavy (non-hydrogen) atoms. The topological polar surface area (TPSA) is 57.2 Å². The molecule has 2 aliphatic heterocycles. The summed E-state index contributed by atoms with van der Waals surface area (Å²) in [4.78, 5) is 17.4. The van der Waals surface area contributed by atoms with E-state index in [1.165, 1.54) is 5.06 Å². The summed E-state index contributed by atoms with van der Waals surface area (Å²) >= 11 is 0. The number of hydroxylamine groups is 2. The fraction of sp³-hybridized carbons (Fsp3) is 0.800. The highest BCUT2D eigenvalue weighted by Gasteiger charge is 2.52. The highest BCUT2D eigenvalue weighted by molar-refractivity contribution is 6.54. The zero-order valence-electron chi connectivity index (χ0n) is 14.6. The molecule has 1 amide bonds. The van der Waals surface area contributed by atoms with Crippen LogP contribution in [-0.4, -0.2) is 48.2 Å². The Balaban J connectivity index is 1.97. The van der Waals surface area contributed by atoms with E-state index in [4.69, 9.17) is 18.9 Å². The lowest BCUT2D eigenvalue weighted by molar-refractivity contribution is -0.138. The van der Waals surface area contributed by atoms with E-state index in [0.29, 0.717) is 6.54 Å². The van der Waals surface area contributed by atoms with Crippen LogP contribution in [0.15, 0.2) is 11.5 Å². The Morgan fingerprint density at radius 1 is 1.23 bits per heavy atom. The summed E-state index contributed by atoms with van der Waals surface area (Å²) in [6, 6.07) is 0. The molecule has 0 spiro atoms. The molecule has 7 heteroatoms. The monoisotopic (exact) mass is 311 g/mol. The summed E-state index contributed by atoms with van der Waals surface area (Å²) in [7, 11) is -0.439. The molecular formula is C15H26BNO5. The van der Waals surface area contributed by atoms with Crippen molar-refractivity contribution in [1.82, 2.24) is 5.06 Å². The molecule has 0 aromatic heterocycles. The summed E-state index contributed by atoms with van der Waals surface area (Å²) in [6.45, 7) is 14.0.